The van der Waals surface area contributed by atoms with Gasteiger partial charge in [-0.2, -0.15) is 0 Å². The summed E-state index contributed by atoms with van der Waals surface area (Å²) in [7, 11) is 1.46. The maximum absolute atomic E-state index is 11.5. The van der Waals surface area contributed by atoms with E-state index in [9.17, 15) is 4.79 Å². The van der Waals surface area contributed by atoms with Gasteiger partial charge in [-0.3, -0.25) is 4.79 Å². The van der Waals surface area contributed by atoms with Gasteiger partial charge in [0.05, 0.1) is 12.5 Å². The lowest BCUT2D eigenvalue weighted by molar-refractivity contribution is -0.149. The maximum Gasteiger partial charge on any atom is 0.315 e. The molecule has 13 heavy (non-hydrogen) atoms. The molecule has 0 aliphatic heterocycles. The molecule has 0 aromatic heterocycles. The predicted octanol–water partition coefficient (Wildman–Crippen LogP) is 2.69. The Morgan fingerprint density at radius 1 is 1.38 bits per heavy atom. The van der Waals surface area contributed by atoms with Gasteiger partial charge in [0.1, 0.15) is 0 Å². The first-order chi connectivity index (χ1) is 6.19. The first-order valence-corrected chi connectivity index (χ1v) is 4.95. The lowest BCUT2D eigenvalue weighted by Crippen LogP contribution is -2.27. The van der Waals surface area contributed by atoms with Crippen molar-refractivity contribution in [1.82, 2.24) is 0 Å². The molecule has 1 aliphatic rings. The number of allylic oxidation sites excluding steroid dienone is 1. The van der Waals surface area contributed by atoms with Gasteiger partial charge in [-0.1, -0.05) is 25.0 Å². The molecule has 0 radical (unpaired) electrons. The zero-order valence-electron chi connectivity index (χ0n) is 8.51. The van der Waals surface area contributed by atoms with Crippen molar-refractivity contribution < 1.29 is 9.53 Å². The zero-order valence-corrected chi connectivity index (χ0v) is 8.51. The summed E-state index contributed by atoms with van der Waals surface area (Å²) in [6.07, 6.45) is 9.71. The van der Waals surface area contributed by atoms with Crippen LogP contribution in [-0.4, -0.2) is 13.1 Å². The van der Waals surface area contributed by atoms with Gasteiger partial charge in [-0.15, -0.1) is 0 Å². The van der Waals surface area contributed by atoms with E-state index < -0.39 is 0 Å². The Kier molecular flexibility index (Phi) is 3.52. The smallest absolute Gasteiger partial charge is 0.315 e. The minimum atomic E-state index is -0.380. The summed E-state index contributed by atoms with van der Waals surface area (Å²) in [5, 5.41) is 0. The molecule has 1 atom stereocenters. The molecule has 1 aliphatic carbocycles. The number of hydrogen-bond acceptors (Lipinski definition) is 2. The third-order valence-electron chi connectivity index (χ3n) is 2.70. The summed E-state index contributed by atoms with van der Waals surface area (Å²) in [5.41, 5.74) is -0.380. The van der Waals surface area contributed by atoms with Crippen LogP contribution in [0.15, 0.2) is 12.2 Å². The maximum atomic E-state index is 11.5. The van der Waals surface area contributed by atoms with Crippen LogP contribution in [0.25, 0.3) is 0 Å². The topological polar surface area (TPSA) is 26.3 Å². The molecule has 0 bridgehead atoms. The van der Waals surface area contributed by atoms with E-state index in [-0.39, 0.29) is 11.4 Å². The van der Waals surface area contributed by atoms with Crippen molar-refractivity contribution in [2.75, 3.05) is 7.11 Å². The predicted molar refractivity (Wildman–Crippen MR) is 52.3 cm³/mol. The molecule has 74 valence electrons. The van der Waals surface area contributed by atoms with Crippen molar-refractivity contribution >= 4 is 5.97 Å². The number of carbonyl (C=O) groups is 1. The van der Waals surface area contributed by atoms with Gasteiger partial charge < -0.3 is 4.74 Å². The number of ether oxygens (including phenoxy) is 1. The number of carbonyl (C=O) groups excluding carboxylic acids is 1. The molecular weight excluding hydrogens is 164 g/mol. The van der Waals surface area contributed by atoms with Crippen molar-refractivity contribution in [1.29, 1.82) is 0 Å². The highest BCUT2D eigenvalue weighted by Gasteiger charge is 2.31. The average molecular weight is 182 g/mol. The lowest BCUT2D eigenvalue weighted by Gasteiger charge is -2.24. The van der Waals surface area contributed by atoms with E-state index in [0.717, 1.165) is 19.3 Å². The lowest BCUT2D eigenvalue weighted by atomic mass is 9.82. The van der Waals surface area contributed by atoms with Crippen molar-refractivity contribution in [2.24, 2.45) is 5.41 Å². The van der Waals surface area contributed by atoms with Crippen molar-refractivity contribution in [3.8, 4) is 0 Å². The molecule has 0 fully saturated rings. The summed E-state index contributed by atoms with van der Waals surface area (Å²) in [6.45, 7) is 1.96. The third kappa shape index (κ3) is 2.58. The van der Waals surface area contributed by atoms with Crippen LogP contribution >= 0.6 is 0 Å². The van der Waals surface area contributed by atoms with Gasteiger partial charge in [0.2, 0.25) is 0 Å². The quantitative estimate of drug-likeness (QED) is 0.460. The van der Waals surface area contributed by atoms with Gasteiger partial charge in [0.15, 0.2) is 0 Å². The van der Waals surface area contributed by atoms with Crippen LogP contribution in [0, 0.1) is 5.41 Å². The molecular formula is C11H18O2. The Labute approximate surface area is 80.0 Å². The van der Waals surface area contributed by atoms with Crippen LogP contribution in [0.1, 0.15) is 39.0 Å². The monoisotopic (exact) mass is 182 g/mol. The van der Waals surface area contributed by atoms with Crippen LogP contribution in [0.3, 0.4) is 0 Å². The van der Waals surface area contributed by atoms with Crippen molar-refractivity contribution in [3.05, 3.63) is 12.2 Å². The Bertz CT molecular complexity index is 208. The molecule has 0 saturated heterocycles. The van der Waals surface area contributed by atoms with Crippen LogP contribution in [0.4, 0.5) is 0 Å². The molecule has 2 heteroatoms. The van der Waals surface area contributed by atoms with Crippen LogP contribution in [-0.2, 0) is 9.53 Å². The summed E-state index contributed by atoms with van der Waals surface area (Å²) in [5.74, 6) is -0.106. The van der Waals surface area contributed by atoms with Crippen LogP contribution < -0.4 is 0 Å². The highest BCUT2D eigenvalue weighted by Crippen LogP contribution is 2.30. The minimum absolute atomic E-state index is 0.106. The summed E-state index contributed by atoms with van der Waals surface area (Å²) >= 11 is 0. The Morgan fingerprint density at radius 2 is 2.15 bits per heavy atom. The molecule has 0 aromatic carbocycles. The Balaban J connectivity index is 2.72. The zero-order chi connectivity index (χ0) is 9.73. The number of hydrogen-bond donors (Lipinski definition) is 0. The van der Waals surface area contributed by atoms with E-state index in [1.54, 1.807) is 0 Å². The molecule has 1 unspecified atom stereocenters. The molecule has 0 saturated carbocycles. The van der Waals surface area contributed by atoms with Gasteiger partial charge in [0, 0.05) is 0 Å². The van der Waals surface area contributed by atoms with Crippen molar-refractivity contribution in [3.63, 3.8) is 0 Å². The normalized spacial score (nSPS) is 29.1. The minimum Gasteiger partial charge on any atom is -0.468 e. The molecule has 0 aromatic rings. The molecule has 0 N–H and O–H groups in total. The number of esters is 1. The van der Waals surface area contributed by atoms with Crippen molar-refractivity contribution in [2.45, 2.75) is 39.0 Å². The van der Waals surface area contributed by atoms with E-state index in [0.29, 0.717) is 0 Å². The van der Waals surface area contributed by atoms with Gasteiger partial charge in [-0.25, -0.2) is 0 Å². The van der Waals surface area contributed by atoms with E-state index in [2.05, 4.69) is 6.08 Å². The second-order valence-electron chi connectivity index (χ2n) is 3.91. The fourth-order valence-corrected chi connectivity index (χ4v) is 1.76. The fraction of sp³-hybridized carbons (Fsp3) is 0.727. The SMILES string of the molecule is COC(=O)C1(C)C=CCCCCC1. The van der Waals surface area contributed by atoms with Gasteiger partial charge in [-0.05, 0) is 26.2 Å². The fourth-order valence-electron chi connectivity index (χ4n) is 1.76. The van der Waals surface area contributed by atoms with E-state index in [4.69, 9.17) is 4.74 Å². The summed E-state index contributed by atoms with van der Waals surface area (Å²) < 4.78 is 4.80. The average Bonchev–Trinajstić information content (AvgIpc) is 2.10. The number of rotatable bonds is 1. The Morgan fingerprint density at radius 3 is 2.85 bits per heavy atom. The second-order valence-corrected chi connectivity index (χ2v) is 3.91. The summed E-state index contributed by atoms with van der Waals surface area (Å²) in [6, 6.07) is 0. The largest absolute Gasteiger partial charge is 0.468 e. The number of methoxy groups -OCH3 is 1. The summed E-state index contributed by atoms with van der Waals surface area (Å²) in [4.78, 5) is 11.5. The van der Waals surface area contributed by atoms with Gasteiger partial charge in [0.25, 0.3) is 0 Å². The standard InChI is InChI=1S/C11H18O2/c1-11(10(12)13-2)8-6-4-3-5-7-9-11/h6,8H,3-5,7,9H2,1-2H3. The molecule has 0 heterocycles. The second kappa shape index (κ2) is 4.45. The third-order valence-corrected chi connectivity index (χ3v) is 2.70. The highest BCUT2D eigenvalue weighted by atomic mass is 16.5. The molecule has 0 spiro atoms. The highest BCUT2D eigenvalue weighted by molar-refractivity contribution is 5.78. The van der Waals surface area contributed by atoms with E-state index >= 15 is 0 Å². The molecule has 0 amide bonds. The molecule has 2 nitrogen and oxygen atoms in total. The first kappa shape index (κ1) is 10.3. The van der Waals surface area contributed by atoms with Crippen LogP contribution in [0.5, 0.6) is 0 Å². The van der Waals surface area contributed by atoms with E-state index in [1.165, 1.54) is 20.0 Å². The van der Waals surface area contributed by atoms with Crippen LogP contribution in [0.2, 0.25) is 0 Å². The van der Waals surface area contributed by atoms with Gasteiger partial charge >= 0.3 is 5.97 Å². The first-order valence-electron chi connectivity index (χ1n) is 4.95. The van der Waals surface area contributed by atoms with E-state index in [1.807, 2.05) is 13.0 Å². The molecule has 1 rings (SSSR count). The Hall–Kier alpha value is -0.790.